The van der Waals surface area contributed by atoms with Gasteiger partial charge in [0.25, 0.3) is 5.91 Å². The number of ether oxygens (including phenoxy) is 1. The summed E-state index contributed by atoms with van der Waals surface area (Å²) in [4.78, 5) is 27.2. The second kappa shape index (κ2) is 9.64. The zero-order valence-corrected chi connectivity index (χ0v) is 17.8. The van der Waals surface area contributed by atoms with Gasteiger partial charge in [0, 0.05) is 25.6 Å². The summed E-state index contributed by atoms with van der Waals surface area (Å²) in [7, 11) is 0. The number of nitrogens with zero attached hydrogens (tertiary/aromatic N) is 4. The molecule has 0 spiro atoms. The van der Waals surface area contributed by atoms with Crippen molar-refractivity contribution in [3.05, 3.63) is 82.5 Å². The lowest BCUT2D eigenvalue weighted by molar-refractivity contribution is -0.134. The maximum Gasteiger partial charge on any atom is 0.346 e. The monoisotopic (exact) mass is 420 g/mol. The van der Waals surface area contributed by atoms with Crippen molar-refractivity contribution in [3.8, 4) is 5.75 Å². The Morgan fingerprint density at radius 1 is 1.03 bits per heavy atom. The molecule has 0 bridgehead atoms. The number of para-hydroxylation sites is 1. The first-order valence-electron chi connectivity index (χ1n) is 10.8. The van der Waals surface area contributed by atoms with Gasteiger partial charge in [0.2, 0.25) is 0 Å². The van der Waals surface area contributed by atoms with E-state index in [2.05, 4.69) is 5.10 Å². The van der Waals surface area contributed by atoms with Crippen LogP contribution >= 0.6 is 0 Å². The first-order chi connectivity index (χ1) is 15.2. The summed E-state index contributed by atoms with van der Waals surface area (Å²) in [5.74, 6) is 1.69. The minimum Gasteiger partial charge on any atom is -0.484 e. The molecule has 1 aromatic heterocycles. The summed E-state index contributed by atoms with van der Waals surface area (Å²) in [6.45, 7) is 4.36. The fourth-order valence-corrected chi connectivity index (χ4v) is 4.06. The molecular weight excluding hydrogens is 392 g/mol. The van der Waals surface area contributed by atoms with Gasteiger partial charge < -0.3 is 9.64 Å². The van der Waals surface area contributed by atoms with Crippen LogP contribution < -0.4 is 10.4 Å². The standard InChI is InChI=1S/C24H28N4O3/c1-2-27-23(25-28(24(27)30)17-19-9-5-3-6-10-19)20-13-15-26(16-14-20)22(29)18-31-21-11-7-4-8-12-21/h3-12,20H,2,13-18H2,1H3. The van der Waals surface area contributed by atoms with E-state index in [9.17, 15) is 9.59 Å². The third-order valence-electron chi connectivity index (χ3n) is 5.76. The molecule has 0 atom stereocenters. The van der Waals surface area contributed by atoms with Crippen LogP contribution in [0.15, 0.2) is 65.5 Å². The zero-order chi connectivity index (χ0) is 21.6. The Hall–Kier alpha value is -3.35. The molecule has 1 aliphatic rings. The molecule has 0 aliphatic carbocycles. The highest BCUT2D eigenvalue weighted by atomic mass is 16.5. The van der Waals surface area contributed by atoms with Crippen LogP contribution in [0.4, 0.5) is 0 Å². The molecule has 0 radical (unpaired) electrons. The predicted molar refractivity (Wildman–Crippen MR) is 118 cm³/mol. The van der Waals surface area contributed by atoms with E-state index in [0.29, 0.717) is 31.9 Å². The van der Waals surface area contributed by atoms with Crippen LogP contribution in [0.25, 0.3) is 0 Å². The zero-order valence-electron chi connectivity index (χ0n) is 17.8. The molecule has 2 heterocycles. The van der Waals surface area contributed by atoms with Gasteiger partial charge >= 0.3 is 5.69 Å². The van der Waals surface area contributed by atoms with E-state index in [1.54, 1.807) is 9.25 Å². The highest BCUT2D eigenvalue weighted by Crippen LogP contribution is 2.26. The predicted octanol–water partition coefficient (Wildman–Crippen LogP) is 2.90. The van der Waals surface area contributed by atoms with Crippen molar-refractivity contribution in [3.63, 3.8) is 0 Å². The molecule has 2 aromatic carbocycles. The van der Waals surface area contributed by atoms with Crippen molar-refractivity contribution >= 4 is 5.91 Å². The van der Waals surface area contributed by atoms with Gasteiger partial charge in [-0.25, -0.2) is 9.48 Å². The number of carbonyl (C=O) groups excluding carboxylic acids is 1. The summed E-state index contributed by atoms with van der Waals surface area (Å²) in [6, 6.07) is 19.3. The molecule has 0 unspecified atom stereocenters. The number of carbonyl (C=O) groups is 1. The average Bonchev–Trinajstić information content (AvgIpc) is 3.14. The number of hydrogen-bond acceptors (Lipinski definition) is 4. The Balaban J connectivity index is 1.38. The molecule has 1 fully saturated rings. The molecule has 1 aliphatic heterocycles. The van der Waals surface area contributed by atoms with E-state index < -0.39 is 0 Å². The SMILES string of the molecule is CCn1c(C2CCN(C(=O)COc3ccccc3)CC2)nn(Cc2ccccc2)c1=O. The Morgan fingerprint density at radius 3 is 2.32 bits per heavy atom. The molecule has 4 rings (SSSR count). The molecule has 0 N–H and O–H groups in total. The lowest BCUT2D eigenvalue weighted by Crippen LogP contribution is -2.41. The number of piperidine rings is 1. The minimum absolute atomic E-state index is 0.00945. The third-order valence-corrected chi connectivity index (χ3v) is 5.76. The lowest BCUT2D eigenvalue weighted by atomic mass is 9.96. The topological polar surface area (TPSA) is 69.4 Å². The third kappa shape index (κ3) is 4.87. The van der Waals surface area contributed by atoms with Crippen LogP contribution in [-0.4, -0.2) is 44.9 Å². The molecular formula is C24H28N4O3. The Bertz CT molecular complexity index is 1050. The highest BCUT2D eigenvalue weighted by Gasteiger charge is 2.28. The first-order valence-corrected chi connectivity index (χ1v) is 10.8. The number of likely N-dealkylation sites (tertiary alicyclic amines) is 1. The molecule has 7 nitrogen and oxygen atoms in total. The van der Waals surface area contributed by atoms with Gasteiger partial charge in [-0.15, -0.1) is 0 Å². The van der Waals surface area contributed by atoms with E-state index in [1.165, 1.54) is 0 Å². The highest BCUT2D eigenvalue weighted by molar-refractivity contribution is 5.77. The summed E-state index contributed by atoms with van der Waals surface area (Å²) >= 11 is 0. The first kappa shape index (κ1) is 20.9. The van der Waals surface area contributed by atoms with Crippen molar-refractivity contribution < 1.29 is 9.53 Å². The van der Waals surface area contributed by atoms with Crippen molar-refractivity contribution in [2.45, 2.75) is 38.8 Å². The van der Waals surface area contributed by atoms with Crippen LogP contribution in [0.1, 0.15) is 37.1 Å². The molecule has 31 heavy (non-hydrogen) atoms. The molecule has 3 aromatic rings. The van der Waals surface area contributed by atoms with Crippen molar-refractivity contribution in [1.29, 1.82) is 0 Å². The molecule has 162 valence electrons. The number of aromatic nitrogens is 3. The maximum atomic E-state index is 12.8. The van der Waals surface area contributed by atoms with Crippen molar-refractivity contribution in [1.82, 2.24) is 19.2 Å². The molecule has 1 saturated heterocycles. The van der Waals surface area contributed by atoms with Crippen LogP contribution in [0.3, 0.4) is 0 Å². The molecule has 1 amide bonds. The van der Waals surface area contributed by atoms with Crippen LogP contribution in [0, 0.1) is 0 Å². The van der Waals surface area contributed by atoms with E-state index >= 15 is 0 Å². The van der Waals surface area contributed by atoms with Gasteiger partial charge in [-0.3, -0.25) is 9.36 Å². The van der Waals surface area contributed by atoms with Gasteiger partial charge in [-0.05, 0) is 37.5 Å². The molecule has 0 saturated carbocycles. The summed E-state index contributed by atoms with van der Waals surface area (Å²) in [6.07, 6.45) is 1.58. The van der Waals surface area contributed by atoms with Gasteiger partial charge in [0.15, 0.2) is 6.61 Å². The summed E-state index contributed by atoms with van der Waals surface area (Å²) < 4.78 is 8.91. The van der Waals surface area contributed by atoms with Crippen molar-refractivity contribution in [2.75, 3.05) is 19.7 Å². The van der Waals surface area contributed by atoms with Gasteiger partial charge in [-0.2, -0.15) is 5.10 Å². The average molecular weight is 421 g/mol. The largest absolute Gasteiger partial charge is 0.484 e. The van der Waals surface area contributed by atoms with E-state index in [0.717, 1.165) is 24.2 Å². The van der Waals surface area contributed by atoms with Gasteiger partial charge in [0.05, 0.1) is 6.54 Å². The Kier molecular flexibility index (Phi) is 6.50. The van der Waals surface area contributed by atoms with E-state index in [4.69, 9.17) is 4.74 Å². The number of benzene rings is 2. The normalized spacial score (nSPS) is 14.5. The maximum absolute atomic E-state index is 12.8. The lowest BCUT2D eigenvalue weighted by Gasteiger charge is -2.31. The van der Waals surface area contributed by atoms with Crippen LogP contribution in [0.2, 0.25) is 0 Å². The second-order valence-corrected chi connectivity index (χ2v) is 7.79. The van der Waals surface area contributed by atoms with Gasteiger partial charge in [0.1, 0.15) is 11.6 Å². The Morgan fingerprint density at radius 2 is 1.68 bits per heavy atom. The summed E-state index contributed by atoms with van der Waals surface area (Å²) in [5.41, 5.74) is 0.979. The van der Waals surface area contributed by atoms with E-state index in [-0.39, 0.29) is 24.1 Å². The van der Waals surface area contributed by atoms with Crippen LogP contribution in [-0.2, 0) is 17.9 Å². The Labute approximate surface area is 181 Å². The number of hydrogen-bond donors (Lipinski definition) is 0. The number of rotatable bonds is 7. The van der Waals surface area contributed by atoms with Gasteiger partial charge in [-0.1, -0.05) is 48.5 Å². The second-order valence-electron chi connectivity index (χ2n) is 7.79. The van der Waals surface area contributed by atoms with E-state index in [1.807, 2.05) is 72.5 Å². The summed E-state index contributed by atoms with van der Waals surface area (Å²) in [5, 5.41) is 4.68. The smallest absolute Gasteiger partial charge is 0.346 e. The molecule has 7 heteroatoms. The quantitative estimate of drug-likeness (QED) is 0.589. The van der Waals surface area contributed by atoms with Crippen molar-refractivity contribution in [2.24, 2.45) is 0 Å². The number of amides is 1. The minimum atomic E-state index is -0.0730. The fourth-order valence-electron chi connectivity index (χ4n) is 4.06. The fraction of sp³-hybridized carbons (Fsp3) is 0.375. The van der Waals surface area contributed by atoms with Crippen LogP contribution in [0.5, 0.6) is 5.75 Å².